The highest BCUT2D eigenvalue weighted by Crippen LogP contribution is 2.41. The summed E-state index contributed by atoms with van der Waals surface area (Å²) in [6.45, 7) is 9.41. The van der Waals surface area contributed by atoms with Gasteiger partial charge in [0.15, 0.2) is 0 Å². The number of piperidine rings is 2. The Morgan fingerprint density at radius 2 is 1.96 bits per heavy atom. The van der Waals surface area contributed by atoms with E-state index in [-0.39, 0.29) is 0 Å². The smallest absolute Gasteiger partial charge is 0.222 e. The molecule has 1 unspecified atom stereocenters. The number of hydrogen-bond donors (Lipinski definition) is 0. The van der Waals surface area contributed by atoms with Crippen molar-refractivity contribution < 1.29 is 4.79 Å². The van der Waals surface area contributed by atoms with Gasteiger partial charge in [-0.25, -0.2) is 9.97 Å². The maximum atomic E-state index is 12.3. The Hall–Kier alpha value is -1.49. The van der Waals surface area contributed by atoms with E-state index in [1.165, 1.54) is 31.2 Å². The number of carbonyl (C=O) groups excluding carboxylic acids is 1. The first kappa shape index (κ1) is 17.9. The normalized spacial score (nSPS) is 27.5. The SMILES string of the molecule is CC(C)c1ncc(CN2CCCC3(CCC(=O)N(CC4CC4)C3)C2)cn1. The van der Waals surface area contributed by atoms with E-state index in [0.717, 1.165) is 57.3 Å². The largest absolute Gasteiger partial charge is 0.342 e. The van der Waals surface area contributed by atoms with Crippen LogP contribution in [-0.4, -0.2) is 51.9 Å². The van der Waals surface area contributed by atoms with Crippen molar-refractivity contribution in [2.45, 2.75) is 64.8 Å². The van der Waals surface area contributed by atoms with Gasteiger partial charge in [-0.1, -0.05) is 13.8 Å². The number of carbonyl (C=O) groups is 1. The quantitative estimate of drug-likeness (QED) is 0.813. The Bertz CT molecular complexity index is 640. The Labute approximate surface area is 157 Å². The van der Waals surface area contributed by atoms with Gasteiger partial charge in [0.05, 0.1) is 0 Å². The molecule has 1 saturated carbocycles. The zero-order chi connectivity index (χ0) is 18.1. The molecule has 2 aliphatic heterocycles. The van der Waals surface area contributed by atoms with Crippen LogP contribution in [0.3, 0.4) is 0 Å². The molecule has 0 N–H and O–H groups in total. The summed E-state index contributed by atoms with van der Waals surface area (Å²) < 4.78 is 0. The third-order valence-electron chi connectivity index (χ3n) is 6.31. The summed E-state index contributed by atoms with van der Waals surface area (Å²) in [5.74, 6) is 2.47. The van der Waals surface area contributed by atoms with Crippen LogP contribution in [0.4, 0.5) is 0 Å². The van der Waals surface area contributed by atoms with E-state index in [4.69, 9.17) is 0 Å². The first-order chi connectivity index (χ1) is 12.5. The summed E-state index contributed by atoms with van der Waals surface area (Å²) >= 11 is 0. The molecule has 5 nitrogen and oxygen atoms in total. The third kappa shape index (κ3) is 4.08. The summed E-state index contributed by atoms with van der Waals surface area (Å²) in [4.78, 5) is 26.1. The van der Waals surface area contributed by atoms with E-state index in [1.807, 2.05) is 12.4 Å². The van der Waals surface area contributed by atoms with Crippen LogP contribution < -0.4 is 0 Å². The van der Waals surface area contributed by atoms with Crippen molar-refractivity contribution in [3.05, 3.63) is 23.8 Å². The van der Waals surface area contributed by atoms with E-state index in [1.54, 1.807) is 0 Å². The zero-order valence-corrected chi connectivity index (χ0v) is 16.3. The zero-order valence-electron chi connectivity index (χ0n) is 16.3. The van der Waals surface area contributed by atoms with Gasteiger partial charge in [0.2, 0.25) is 5.91 Å². The lowest BCUT2D eigenvalue weighted by Crippen LogP contribution is -2.54. The van der Waals surface area contributed by atoms with Crippen molar-refractivity contribution in [2.24, 2.45) is 11.3 Å². The standard InChI is InChI=1S/C21H32N4O/c1-16(2)20-22-10-18(11-23-20)12-24-9-3-7-21(14-24)8-6-19(26)25(15-21)13-17-4-5-17/h10-11,16-17H,3-9,12-15H2,1-2H3. The topological polar surface area (TPSA) is 49.3 Å². The molecule has 1 aromatic rings. The van der Waals surface area contributed by atoms with E-state index in [2.05, 4.69) is 33.6 Å². The first-order valence-corrected chi connectivity index (χ1v) is 10.3. The molecule has 1 atom stereocenters. The monoisotopic (exact) mass is 356 g/mol. The predicted molar refractivity (Wildman–Crippen MR) is 102 cm³/mol. The van der Waals surface area contributed by atoms with Crippen molar-refractivity contribution in [3.63, 3.8) is 0 Å². The lowest BCUT2D eigenvalue weighted by molar-refractivity contribution is -0.139. The highest BCUT2D eigenvalue weighted by Gasteiger charge is 2.42. The molecule has 1 spiro atoms. The Morgan fingerprint density at radius 1 is 1.19 bits per heavy atom. The summed E-state index contributed by atoms with van der Waals surface area (Å²) in [6.07, 6.45) is 10.9. The molecule has 1 aromatic heterocycles. The van der Waals surface area contributed by atoms with E-state index >= 15 is 0 Å². The molecule has 3 aliphatic rings. The highest BCUT2D eigenvalue weighted by atomic mass is 16.2. The number of hydrogen-bond acceptors (Lipinski definition) is 4. The fourth-order valence-corrected chi connectivity index (χ4v) is 4.66. The van der Waals surface area contributed by atoms with Crippen LogP contribution in [0.15, 0.2) is 12.4 Å². The van der Waals surface area contributed by atoms with Crippen molar-refractivity contribution >= 4 is 5.91 Å². The second-order valence-electron chi connectivity index (χ2n) is 9.14. The molecule has 1 aliphatic carbocycles. The number of rotatable bonds is 5. The van der Waals surface area contributed by atoms with Crippen molar-refractivity contribution in [2.75, 3.05) is 26.2 Å². The van der Waals surface area contributed by atoms with Crippen LogP contribution >= 0.6 is 0 Å². The predicted octanol–water partition coefficient (Wildman–Crippen LogP) is 3.21. The molecule has 0 bridgehead atoms. The minimum atomic E-state index is 0.305. The van der Waals surface area contributed by atoms with E-state index < -0.39 is 0 Å². The van der Waals surface area contributed by atoms with Gasteiger partial charge in [-0.2, -0.15) is 0 Å². The van der Waals surface area contributed by atoms with Crippen molar-refractivity contribution in [1.29, 1.82) is 0 Å². The van der Waals surface area contributed by atoms with Gasteiger partial charge in [0.25, 0.3) is 0 Å². The molecule has 4 rings (SSSR count). The van der Waals surface area contributed by atoms with Crippen LogP contribution in [0.1, 0.15) is 69.7 Å². The van der Waals surface area contributed by atoms with Crippen molar-refractivity contribution in [1.82, 2.24) is 19.8 Å². The van der Waals surface area contributed by atoms with Crippen LogP contribution in [-0.2, 0) is 11.3 Å². The summed E-state index contributed by atoms with van der Waals surface area (Å²) in [7, 11) is 0. The van der Waals surface area contributed by atoms with Gasteiger partial charge >= 0.3 is 0 Å². The van der Waals surface area contributed by atoms with E-state index in [9.17, 15) is 4.79 Å². The number of amides is 1. The van der Waals surface area contributed by atoms with Gasteiger partial charge in [-0.3, -0.25) is 9.69 Å². The summed E-state index contributed by atoms with van der Waals surface area (Å²) in [5, 5.41) is 0. The summed E-state index contributed by atoms with van der Waals surface area (Å²) in [5.41, 5.74) is 1.51. The number of aromatic nitrogens is 2. The Balaban J connectivity index is 1.39. The molecular formula is C21H32N4O. The molecule has 0 radical (unpaired) electrons. The number of likely N-dealkylation sites (tertiary alicyclic amines) is 2. The molecule has 142 valence electrons. The number of nitrogens with zero attached hydrogens (tertiary/aromatic N) is 4. The van der Waals surface area contributed by atoms with Gasteiger partial charge in [0.1, 0.15) is 5.82 Å². The average Bonchev–Trinajstić information content (AvgIpc) is 3.43. The van der Waals surface area contributed by atoms with Crippen LogP contribution in [0.5, 0.6) is 0 Å². The second-order valence-corrected chi connectivity index (χ2v) is 9.14. The average molecular weight is 357 g/mol. The first-order valence-electron chi connectivity index (χ1n) is 10.3. The van der Waals surface area contributed by atoms with Crippen LogP contribution in [0.25, 0.3) is 0 Å². The van der Waals surface area contributed by atoms with E-state index in [0.29, 0.717) is 17.2 Å². The van der Waals surface area contributed by atoms with Gasteiger partial charge < -0.3 is 4.90 Å². The lowest BCUT2D eigenvalue weighted by Gasteiger charge is -2.48. The fourth-order valence-electron chi connectivity index (χ4n) is 4.66. The van der Waals surface area contributed by atoms with Gasteiger partial charge in [0, 0.05) is 61.9 Å². The minimum Gasteiger partial charge on any atom is -0.342 e. The molecule has 1 amide bonds. The van der Waals surface area contributed by atoms with Crippen molar-refractivity contribution in [3.8, 4) is 0 Å². The Morgan fingerprint density at radius 3 is 2.65 bits per heavy atom. The minimum absolute atomic E-state index is 0.305. The second kappa shape index (κ2) is 7.26. The maximum absolute atomic E-state index is 12.3. The maximum Gasteiger partial charge on any atom is 0.222 e. The van der Waals surface area contributed by atoms with Gasteiger partial charge in [-0.15, -0.1) is 0 Å². The fraction of sp³-hybridized carbons (Fsp3) is 0.762. The third-order valence-corrected chi connectivity index (χ3v) is 6.31. The molecule has 2 saturated heterocycles. The molecular weight excluding hydrogens is 324 g/mol. The van der Waals surface area contributed by atoms with Crippen LogP contribution in [0, 0.1) is 11.3 Å². The van der Waals surface area contributed by atoms with Gasteiger partial charge in [-0.05, 0) is 44.6 Å². The summed E-state index contributed by atoms with van der Waals surface area (Å²) in [6, 6.07) is 0. The molecule has 3 fully saturated rings. The molecule has 3 heterocycles. The Kier molecular flexibility index (Phi) is 5.00. The van der Waals surface area contributed by atoms with Crippen LogP contribution in [0.2, 0.25) is 0 Å². The highest BCUT2D eigenvalue weighted by molar-refractivity contribution is 5.77. The lowest BCUT2D eigenvalue weighted by atomic mass is 9.73. The molecule has 26 heavy (non-hydrogen) atoms. The molecule has 5 heteroatoms. The molecule has 0 aromatic carbocycles.